The van der Waals surface area contributed by atoms with E-state index in [1.165, 1.54) is 24.4 Å². The van der Waals surface area contributed by atoms with E-state index < -0.39 is 30.2 Å². The summed E-state index contributed by atoms with van der Waals surface area (Å²) in [5.41, 5.74) is 2.05. The third-order valence-electron chi connectivity index (χ3n) is 7.03. The molecule has 10 nitrogen and oxygen atoms in total. The maximum atomic E-state index is 13.4. The molecular formula is C34H56N4O6. The SMILES string of the molecule is C=C/C(CC(O)CCNC=O)=C(\C=C/C)OCCNC(C(=O)N(C)C(C(=O)NCC)C(C)O)C(C)CC.Cc1ccccc1. The van der Waals surface area contributed by atoms with Crippen LogP contribution in [0.2, 0.25) is 0 Å². The molecule has 0 spiro atoms. The number of likely N-dealkylation sites (N-methyl/N-ethyl adjacent to an activating group) is 2. The van der Waals surface area contributed by atoms with Crippen LogP contribution in [0.15, 0.2) is 66.5 Å². The minimum Gasteiger partial charge on any atom is -0.492 e. The van der Waals surface area contributed by atoms with Gasteiger partial charge in [0.25, 0.3) is 0 Å². The minimum atomic E-state index is -1.03. The first-order chi connectivity index (χ1) is 21.0. The van der Waals surface area contributed by atoms with Crippen LogP contribution in [0.1, 0.15) is 59.4 Å². The minimum absolute atomic E-state index is 0.0248. The number of allylic oxidation sites excluding steroid dienone is 3. The summed E-state index contributed by atoms with van der Waals surface area (Å²) in [4.78, 5) is 37.5. The third kappa shape index (κ3) is 15.8. The van der Waals surface area contributed by atoms with Crippen LogP contribution in [0.5, 0.6) is 0 Å². The van der Waals surface area contributed by atoms with E-state index >= 15 is 0 Å². The van der Waals surface area contributed by atoms with Gasteiger partial charge < -0.3 is 35.8 Å². The zero-order valence-electron chi connectivity index (χ0n) is 27.7. The summed E-state index contributed by atoms with van der Waals surface area (Å²) in [7, 11) is 1.53. The molecule has 0 aromatic heterocycles. The molecule has 0 aliphatic rings. The molecule has 248 valence electrons. The normalized spacial score (nSPS) is 14.9. The summed E-state index contributed by atoms with van der Waals surface area (Å²) in [5, 5.41) is 28.9. The Labute approximate surface area is 264 Å². The van der Waals surface area contributed by atoms with Gasteiger partial charge in [-0.25, -0.2) is 0 Å². The van der Waals surface area contributed by atoms with Crippen molar-refractivity contribution < 1.29 is 29.3 Å². The van der Waals surface area contributed by atoms with Gasteiger partial charge in [0.15, 0.2) is 0 Å². The first-order valence-electron chi connectivity index (χ1n) is 15.4. The van der Waals surface area contributed by atoms with Crippen molar-refractivity contribution in [2.45, 2.75) is 85.1 Å². The van der Waals surface area contributed by atoms with Gasteiger partial charge in [-0.3, -0.25) is 14.4 Å². The highest BCUT2D eigenvalue weighted by atomic mass is 16.5. The van der Waals surface area contributed by atoms with Crippen LogP contribution in [0.4, 0.5) is 0 Å². The zero-order chi connectivity index (χ0) is 33.5. The molecule has 0 aliphatic carbocycles. The first kappa shape index (κ1) is 40.5. The molecule has 3 amide bonds. The van der Waals surface area contributed by atoms with Crippen molar-refractivity contribution in [2.75, 3.05) is 33.3 Å². The highest BCUT2D eigenvalue weighted by molar-refractivity contribution is 5.90. The second-order valence-electron chi connectivity index (χ2n) is 10.7. The number of nitrogens with zero attached hydrogens (tertiary/aromatic N) is 1. The van der Waals surface area contributed by atoms with Crippen molar-refractivity contribution in [2.24, 2.45) is 5.92 Å². The maximum absolute atomic E-state index is 13.4. The monoisotopic (exact) mass is 616 g/mol. The predicted octanol–water partition coefficient (Wildman–Crippen LogP) is 3.25. The summed E-state index contributed by atoms with van der Waals surface area (Å²) >= 11 is 0. The van der Waals surface area contributed by atoms with Gasteiger partial charge in [-0.15, -0.1) is 0 Å². The predicted molar refractivity (Wildman–Crippen MR) is 177 cm³/mol. The van der Waals surface area contributed by atoms with Crippen LogP contribution >= 0.6 is 0 Å². The molecule has 5 atom stereocenters. The fraction of sp³-hybridized carbons (Fsp3) is 0.559. The van der Waals surface area contributed by atoms with Crippen LogP contribution < -0.4 is 16.0 Å². The Hall–Kier alpha value is -3.47. The summed E-state index contributed by atoms with van der Waals surface area (Å²) in [6.07, 6.45) is 5.60. The lowest BCUT2D eigenvalue weighted by Gasteiger charge is -2.34. The Bertz CT molecular complexity index is 1030. The molecule has 10 heteroatoms. The smallest absolute Gasteiger partial charge is 0.245 e. The fourth-order valence-corrected chi connectivity index (χ4v) is 4.38. The molecule has 1 aromatic carbocycles. The van der Waals surface area contributed by atoms with Gasteiger partial charge in [-0.05, 0) is 51.7 Å². The number of rotatable bonds is 20. The van der Waals surface area contributed by atoms with Crippen LogP contribution in [0.25, 0.3) is 0 Å². The number of carbonyl (C=O) groups excluding carboxylic acids is 3. The van der Waals surface area contributed by atoms with E-state index in [9.17, 15) is 24.6 Å². The molecule has 5 N–H and O–H groups in total. The van der Waals surface area contributed by atoms with Crippen LogP contribution in [0, 0.1) is 12.8 Å². The van der Waals surface area contributed by atoms with E-state index in [0.717, 1.165) is 12.0 Å². The number of hydrogen-bond acceptors (Lipinski definition) is 7. The Morgan fingerprint density at radius 2 is 1.77 bits per heavy atom. The lowest BCUT2D eigenvalue weighted by molar-refractivity contribution is -0.145. The standard InChI is InChI=1S/C27H48N4O6.C7H8/c1-8-12-23(21(10-3)17-22(34)13-14-28-18-32)37-16-15-30-24(19(5)9-2)27(36)31(7)25(20(6)33)26(35)29-11-4;1-7-5-3-2-4-6-7/h8,10,12,18-20,22,24-25,30,33-34H,3,9,11,13-17H2,1-2,4-7H3,(H,28,32)(H,29,35);2-6H,1H3/b12-8-,23-21-;. The summed E-state index contributed by atoms with van der Waals surface area (Å²) in [6.45, 7) is 16.4. The molecule has 0 fully saturated rings. The quantitative estimate of drug-likeness (QED) is 0.0656. The van der Waals surface area contributed by atoms with Crippen molar-refractivity contribution in [3.8, 4) is 0 Å². The van der Waals surface area contributed by atoms with Crippen LogP contribution in [-0.2, 0) is 19.1 Å². The second kappa shape index (κ2) is 23.9. The third-order valence-corrected chi connectivity index (χ3v) is 7.03. The summed E-state index contributed by atoms with van der Waals surface area (Å²) < 4.78 is 5.97. The van der Waals surface area contributed by atoms with Gasteiger partial charge in [0.05, 0.1) is 18.2 Å². The van der Waals surface area contributed by atoms with E-state index in [2.05, 4.69) is 41.6 Å². The van der Waals surface area contributed by atoms with Crippen molar-refractivity contribution >= 4 is 18.2 Å². The van der Waals surface area contributed by atoms with Crippen molar-refractivity contribution in [3.63, 3.8) is 0 Å². The topological polar surface area (TPSA) is 140 Å². The van der Waals surface area contributed by atoms with Crippen LogP contribution in [0.3, 0.4) is 0 Å². The molecule has 0 heterocycles. The lowest BCUT2D eigenvalue weighted by atomic mass is 9.96. The van der Waals surface area contributed by atoms with Crippen molar-refractivity contribution in [1.82, 2.24) is 20.9 Å². The average Bonchev–Trinajstić information content (AvgIpc) is 2.99. The molecule has 0 bridgehead atoms. The highest BCUT2D eigenvalue weighted by Crippen LogP contribution is 2.18. The van der Waals surface area contributed by atoms with Crippen molar-refractivity contribution in [1.29, 1.82) is 0 Å². The van der Waals surface area contributed by atoms with Gasteiger partial charge in [0, 0.05) is 33.1 Å². The number of aryl methyl sites for hydroxylation is 1. The number of amides is 3. The second-order valence-corrected chi connectivity index (χ2v) is 10.7. The summed E-state index contributed by atoms with van der Waals surface area (Å²) in [5.74, 6) is -0.143. The Morgan fingerprint density at radius 3 is 2.25 bits per heavy atom. The fourth-order valence-electron chi connectivity index (χ4n) is 4.38. The van der Waals surface area contributed by atoms with E-state index in [1.807, 2.05) is 45.0 Å². The van der Waals surface area contributed by atoms with E-state index in [4.69, 9.17) is 4.74 Å². The molecule has 44 heavy (non-hydrogen) atoms. The number of carbonyl (C=O) groups is 3. The average molecular weight is 617 g/mol. The Balaban J connectivity index is 0.00000229. The van der Waals surface area contributed by atoms with Gasteiger partial charge in [0.1, 0.15) is 18.4 Å². The Kier molecular flexibility index (Phi) is 22.0. The zero-order valence-corrected chi connectivity index (χ0v) is 27.7. The molecule has 0 saturated carbocycles. The maximum Gasteiger partial charge on any atom is 0.245 e. The van der Waals surface area contributed by atoms with Gasteiger partial charge in [-0.2, -0.15) is 0 Å². The highest BCUT2D eigenvalue weighted by Gasteiger charge is 2.35. The number of ether oxygens (including phenoxy) is 1. The molecule has 0 saturated heterocycles. The van der Waals surface area contributed by atoms with Gasteiger partial charge in [-0.1, -0.05) is 74.9 Å². The number of aliphatic hydroxyl groups excluding tert-OH is 2. The summed E-state index contributed by atoms with van der Waals surface area (Å²) in [6, 6.07) is 8.69. The molecule has 1 aromatic rings. The number of benzene rings is 1. The van der Waals surface area contributed by atoms with Gasteiger partial charge in [0.2, 0.25) is 18.2 Å². The molecule has 1 rings (SSSR count). The Morgan fingerprint density at radius 1 is 1.11 bits per heavy atom. The largest absolute Gasteiger partial charge is 0.492 e. The van der Waals surface area contributed by atoms with E-state index in [0.29, 0.717) is 44.6 Å². The lowest BCUT2D eigenvalue weighted by Crippen LogP contribution is -2.58. The van der Waals surface area contributed by atoms with E-state index in [-0.39, 0.29) is 18.4 Å². The molecule has 5 unspecified atom stereocenters. The number of nitrogens with one attached hydrogen (secondary N) is 3. The molecular weight excluding hydrogens is 560 g/mol. The van der Waals surface area contributed by atoms with Crippen molar-refractivity contribution in [3.05, 3.63) is 72.0 Å². The van der Waals surface area contributed by atoms with Crippen LogP contribution in [-0.4, -0.2) is 90.9 Å². The van der Waals surface area contributed by atoms with E-state index in [1.54, 1.807) is 19.1 Å². The number of aliphatic hydroxyl groups is 2. The molecule has 0 aliphatic heterocycles. The first-order valence-corrected chi connectivity index (χ1v) is 15.4. The van der Waals surface area contributed by atoms with Gasteiger partial charge >= 0.3 is 0 Å². The molecule has 0 radical (unpaired) electrons. The number of hydrogen-bond donors (Lipinski definition) is 5.